The third kappa shape index (κ3) is 3.16. The largest absolute Gasteiger partial charge is 0.322 e. The molecule has 0 atom stereocenters. The van der Waals surface area contributed by atoms with E-state index < -0.39 is 11.5 Å². The highest BCUT2D eigenvalue weighted by Gasteiger charge is 2.15. The van der Waals surface area contributed by atoms with Gasteiger partial charge in [0.05, 0.1) is 15.7 Å². The van der Waals surface area contributed by atoms with E-state index in [4.69, 9.17) is 23.2 Å². The number of carbonyl (C=O) groups is 1. The zero-order chi connectivity index (χ0) is 16.4. The Hall–Kier alpha value is -2.50. The highest BCUT2D eigenvalue weighted by atomic mass is 35.5. The van der Waals surface area contributed by atoms with Gasteiger partial charge in [-0.3, -0.25) is 14.7 Å². The van der Waals surface area contributed by atoms with Crippen molar-refractivity contribution in [3.8, 4) is 5.69 Å². The van der Waals surface area contributed by atoms with Gasteiger partial charge in [0.1, 0.15) is 5.56 Å². The molecule has 116 valence electrons. The van der Waals surface area contributed by atoms with Gasteiger partial charge in [-0.05, 0) is 30.3 Å². The van der Waals surface area contributed by atoms with Crippen LogP contribution in [0.4, 0.5) is 5.69 Å². The van der Waals surface area contributed by atoms with Crippen molar-refractivity contribution in [2.75, 3.05) is 5.32 Å². The van der Waals surface area contributed by atoms with Gasteiger partial charge in [-0.2, -0.15) is 0 Å². The fourth-order valence-electron chi connectivity index (χ4n) is 2.07. The summed E-state index contributed by atoms with van der Waals surface area (Å²) in [6.07, 6.45) is 1.36. The maximum Gasteiger partial charge on any atom is 0.284 e. The number of hydrogen-bond acceptors (Lipinski definition) is 2. The van der Waals surface area contributed by atoms with E-state index in [0.29, 0.717) is 21.4 Å². The molecule has 1 aromatic heterocycles. The molecule has 3 rings (SSSR count). The number of H-pyrrole nitrogens is 1. The lowest BCUT2D eigenvalue weighted by Gasteiger charge is -2.04. The van der Waals surface area contributed by atoms with E-state index in [1.165, 1.54) is 16.9 Å². The first-order valence-electron chi connectivity index (χ1n) is 6.68. The van der Waals surface area contributed by atoms with E-state index in [9.17, 15) is 9.59 Å². The summed E-state index contributed by atoms with van der Waals surface area (Å²) in [4.78, 5) is 24.6. The molecule has 0 aliphatic heterocycles. The molecule has 0 saturated heterocycles. The van der Waals surface area contributed by atoms with Crippen LogP contribution < -0.4 is 10.9 Å². The Labute approximate surface area is 141 Å². The predicted molar refractivity (Wildman–Crippen MR) is 90.8 cm³/mol. The normalized spacial score (nSPS) is 10.5. The van der Waals surface area contributed by atoms with Crippen LogP contribution in [0.2, 0.25) is 10.0 Å². The Morgan fingerprint density at radius 1 is 1.04 bits per heavy atom. The molecule has 0 aliphatic carbocycles. The smallest absolute Gasteiger partial charge is 0.284 e. The molecule has 2 aromatic carbocycles. The van der Waals surface area contributed by atoms with E-state index in [1.807, 2.05) is 6.07 Å². The fourth-order valence-corrected chi connectivity index (χ4v) is 2.37. The predicted octanol–water partition coefficient (Wildman–Crippen LogP) is 3.72. The number of benzene rings is 2. The van der Waals surface area contributed by atoms with E-state index in [-0.39, 0.29) is 5.56 Å². The molecular weight excluding hydrogens is 337 g/mol. The number of hydrogen-bond donors (Lipinski definition) is 2. The molecule has 0 radical (unpaired) electrons. The van der Waals surface area contributed by atoms with Crippen molar-refractivity contribution in [3.05, 3.63) is 80.7 Å². The number of aromatic nitrogens is 2. The third-order valence-electron chi connectivity index (χ3n) is 3.21. The standard InChI is InChI=1S/C16H11Cl2N3O2/c17-13-7-6-10(8-14(13)18)20-15(22)12-9-19-21(16(12)23)11-4-2-1-3-5-11/h1-9,19H,(H,20,22). The number of anilines is 1. The molecular formula is C16H11Cl2N3O2. The molecule has 0 saturated carbocycles. The van der Waals surface area contributed by atoms with Crippen LogP contribution in [0, 0.1) is 0 Å². The second-order valence-electron chi connectivity index (χ2n) is 4.75. The molecule has 3 aromatic rings. The van der Waals surface area contributed by atoms with Crippen molar-refractivity contribution >= 4 is 34.8 Å². The number of carbonyl (C=O) groups excluding carboxylic acids is 1. The average Bonchev–Trinajstić information content (AvgIpc) is 2.93. The van der Waals surface area contributed by atoms with Crippen molar-refractivity contribution in [3.63, 3.8) is 0 Å². The summed E-state index contributed by atoms with van der Waals surface area (Å²) in [6.45, 7) is 0. The lowest BCUT2D eigenvalue weighted by Crippen LogP contribution is -2.23. The zero-order valence-corrected chi connectivity index (χ0v) is 13.2. The minimum absolute atomic E-state index is 0.0000690. The molecule has 0 unspecified atom stereocenters. The number of nitrogens with one attached hydrogen (secondary N) is 2. The summed E-state index contributed by atoms with van der Waals surface area (Å²) in [5, 5.41) is 6.10. The molecule has 2 N–H and O–H groups in total. The average molecular weight is 348 g/mol. The summed E-state index contributed by atoms with van der Waals surface area (Å²) in [6, 6.07) is 13.7. The minimum atomic E-state index is -0.528. The fraction of sp³-hybridized carbons (Fsp3) is 0. The summed E-state index contributed by atoms with van der Waals surface area (Å²) in [5.74, 6) is -0.528. The lowest BCUT2D eigenvalue weighted by molar-refractivity contribution is 0.102. The molecule has 7 heteroatoms. The first kappa shape index (κ1) is 15.4. The second kappa shape index (κ2) is 6.32. The third-order valence-corrected chi connectivity index (χ3v) is 3.95. The first-order valence-corrected chi connectivity index (χ1v) is 7.44. The van der Waals surface area contributed by atoms with Crippen molar-refractivity contribution < 1.29 is 4.79 Å². The van der Waals surface area contributed by atoms with Crippen molar-refractivity contribution in [1.82, 2.24) is 9.78 Å². The lowest BCUT2D eigenvalue weighted by atomic mass is 10.2. The summed E-state index contributed by atoms with van der Waals surface area (Å²) in [7, 11) is 0. The second-order valence-corrected chi connectivity index (χ2v) is 5.56. The summed E-state index contributed by atoms with van der Waals surface area (Å²) >= 11 is 11.7. The number of halogens is 2. The maximum atomic E-state index is 12.3. The molecule has 0 bridgehead atoms. The number of amides is 1. The molecule has 1 heterocycles. The minimum Gasteiger partial charge on any atom is -0.322 e. The van der Waals surface area contributed by atoms with Crippen molar-refractivity contribution in [2.24, 2.45) is 0 Å². The SMILES string of the molecule is O=C(Nc1ccc(Cl)c(Cl)c1)c1c[nH]n(-c2ccccc2)c1=O. The molecule has 1 amide bonds. The topological polar surface area (TPSA) is 66.9 Å². The van der Waals surface area contributed by atoms with Gasteiger partial charge in [-0.15, -0.1) is 0 Å². The number of para-hydroxylation sites is 1. The molecule has 5 nitrogen and oxygen atoms in total. The van der Waals surface area contributed by atoms with Gasteiger partial charge < -0.3 is 5.32 Å². The maximum absolute atomic E-state index is 12.3. The Morgan fingerprint density at radius 2 is 1.78 bits per heavy atom. The monoisotopic (exact) mass is 347 g/mol. The highest BCUT2D eigenvalue weighted by Crippen LogP contribution is 2.25. The van der Waals surface area contributed by atoms with E-state index in [1.54, 1.807) is 36.4 Å². The van der Waals surface area contributed by atoms with Gasteiger partial charge >= 0.3 is 0 Å². The van der Waals surface area contributed by atoms with E-state index in [2.05, 4.69) is 10.4 Å². The quantitative estimate of drug-likeness (QED) is 0.758. The van der Waals surface area contributed by atoms with Crippen LogP contribution in [0.25, 0.3) is 5.69 Å². The van der Waals surface area contributed by atoms with Crippen LogP contribution in [-0.4, -0.2) is 15.7 Å². The van der Waals surface area contributed by atoms with Crippen LogP contribution in [-0.2, 0) is 0 Å². The Kier molecular flexibility index (Phi) is 4.23. The zero-order valence-electron chi connectivity index (χ0n) is 11.7. The van der Waals surface area contributed by atoms with E-state index in [0.717, 1.165) is 0 Å². The number of nitrogens with zero attached hydrogens (tertiary/aromatic N) is 1. The van der Waals surface area contributed by atoms with Gasteiger partial charge in [-0.1, -0.05) is 41.4 Å². The van der Waals surface area contributed by atoms with Crippen LogP contribution in [0.1, 0.15) is 10.4 Å². The van der Waals surface area contributed by atoms with Crippen LogP contribution in [0.15, 0.2) is 59.5 Å². The molecule has 23 heavy (non-hydrogen) atoms. The first-order chi connectivity index (χ1) is 11.1. The number of rotatable bonds is 3. The van der Waals surface area contributed by atoms with Crippen molar-refractivity contribution in [1.29, 1.82) is 0 Å². The molecule has 0 spiro atoms. The van der Waals surface area contributed by atoms with Gasteiger partial charge in [0.25, 0.3) is 11.5 Å². The van der Waals surface area contributed by atoms with Crippen LogP contribution in [0.5, 0.6) is 0 Å². The van der Waals surface area contributed by atoms with Gasteiger partial charge in [-0.25, -0.2) is 4.68 Å². The van der Waals surface area contributed by atoms with E-state index >= 15 is 0 Å². The van der Waals surface area contributed by atoms with Crippen LogP contribution >= 0.6 is 23.2 Å². The molecule has 0 fully saturated rings. The highest BCUT2D eigenvalue weighted by molar-refractivity contribution is 6.42. The summed E-state index contributed by atoms with van der Waals surface area (Å²) < 4.78 is 1.30. The van der Waals surface area contributed by atoms with Crippen LogP contribution in [0.3, 0.4) is 0 Å². The van der Waals surface area contributed by atoms with Gasteiger partial charge in [0.2, 0.25) is 0 Å². The Bertz CT molecular complexity index is 917. The van der Waals surface area contributed by atoms with Gasteiger partial charge in [0, 0.05) is 11.9 Å². The Balaban J connectivity index is 1.87. The van der Waals surface area contributed by atoms with Gasteiger partial charge in [0.15, 0.2) is 0 Å². The number of aromatic amines is 1. The van der Waals surface area contributed by atoms with Crippen molar-refractivity contribution in [2.45, 2.75) is 0 Å². The summed E-state index contributed by atoms with van der Waals surface area (Å²) in [5.41, 5.74) is 0.663. The Morgan fingerprint density at radius 3 is 2.48 bits per heavy atom. The molecule has 0 aliphatic rings.